The maximum Gasteiger partial charge on any atom is 0.239 e. The molecule has 0 spiro atoms. The molecule has 8 nitrogen and oxygen atoms in total. The lowest BCUT2D eigenvalue weighted by Gasteiger charge is -2.32. The predicted octanol–water partition coefficient (Wildman–Crippen LogP) is 0.0596. The van der Waals surface area contributed by atoms with Crippen LogP contribution in [-0.2, 0) is 21.2 Å². The molecule has 1 fully saturated rings. The molecule has 1 aliphatic heterocycles. The molecular formula is C15H21N5O3S. The molecule has 1 saturated heterocycles. The van der Waals surface area contributed by atoms with Gasteiger partial charge in [-0.25, -0.2) is 13.1 Å². The van der Waals surface area contributed by atoms with Gasteiger partial charge >= 0.3 is 0 Å². The van der Waals surface area contributed by atoms with E-state index in [9.17, 15) is 13.2 Å². The number of pyridine rings is 1. The molecule has 1 amide bonds. The Morgan fingerprint density at radius 2 is 2.21 bits per heavy atom. The zero-order chi connectivity index (χ0) is 17.2. The maximum atomic E-state index is 12.2. The molecule has 0 aromatic carbocycles. The average molecular weight is 351 g/mol. The van der Waals surface area contributed by atoms with Crippen LogP contribution in [0.15, 0.2) is 24.4 Å². The summed E-state index contributed by atoms with van der Waals surface area (Å²) in [7, 11) is -2.21. The number of rotatable bonds is 5. The Bertz CT molecular complexity index is 833. The summed E-state index contributed by atoms with van der Waals surface area (Å²) >= 11 is 0. The van der Waals surface area contributed by atoms with Crippen LogP contribution in [0.4, 0.5) is 0 Å². The Balaban J connectivity index is 1.66. The van der Waals surface area contributed by atoms with Crippen LogP contribution in [0.2, 0.25) is 0 Å². The molecule has 0 bridgehead atoms. The summed E-state index contributed by atoms with van der Waals surface area (Å²) < 4.78 is 27.2. The van der Waals surface area contributed by atoms with E-state index in [1.807, 2.05) is 28.8 Å². The summed E-state index contributed by atoms with van der Waals surface area (Å²) in [5.74, 6) is 0.282. The van der Waals surface area contributed by atoms with Crippen molar-refractivity contribution in [1.29, 1.82) is 0 Å². The first-order valence-electron chi connectivity index (χ1n) is 7.96. The van der Waals surface area contributed by atoms with E-state index >= 15 is 0 Å². The standard InChI is InChI=1S/C15H21N5O3S/c1-16-24(22,23)11-15(21)19-7-4-5-12(10-19)9-14-18-17-13-6-2-3-8-20(13)14/h2-3,6,8,12,16H,4-5,7,9-11H2,1H3. The van der Waals surface area contributed by atoms with Crippen LogP contribution >= 0.6 is 0 Å². The van der Waals surface area contributed by atoms with Gasteiger partial charge in [-0.15, -0.1) is 10.2 Å². The number of carbonyl (C=O) groups excluding carboxylic acids is 1. The molecule has 130 valence electrons. The fourth-order valence-electron chi connectivity index (χ4n) is 3.07. The Labute approximate surface area is 140 Å². The highest BCUT2D eigenvalue weighted by Gasteiger charge is 2.27. The Morgan fingerprint density at radius 1 is 1.38 bits per heavy atom. The molecule has 3 rings (SSSR count). The van der Waals surface area contributed by atoms with Gasteiger partial charge in [0.1, 0.15) is 11.6 Å². The van der Waals surface area contributed by atoms with Crippen LogP contribution < -0.4 is 4.72 Å². The average Bonchev–Trinajstić information content (AvgIpc) is 2.98. The van der Waals surface area contributed by atoms with Crippen molar-refractivity contribution in [3.8, 4) is 0 Å². The normalized spacial score (nSPS) is 18.9. The molecule has 2 aromatic heterocycles. The second kappa shape index (κ2) is 6.86. The van der Waals surface area contributed by atoms with Crippen molar-refractivity contribution in [2.75, 3.05) is 25.9 Å². The highest BCUT2D eigenvalue weighted by molar-refractivity contribution is 7.90. The van der Waals surface area contributed by atoms with Gasteiger partial charge in [-0.3, -0.25) is 9.20 Å². The van der Waals surface area contributed by atoms with Crippen LogP contribution in [0.25, 0.3) is 5.65 Å². The van der Waals surface area contributed by atoms with Gasteiger partial charge in [-0.2, -0.15) is 0 Å². The minimum Gasteiger partial charge on any atom is -0.341 e. The van der Waals surface area contributed by atoms with Crippen LogP contribution in [0.3, 0.4) is 0 Å². The van der Waals surface area contributed by atoms with Crippen LogP contribution in [0.5, 0.6) is 0 Å². The van der Waals surface area contributed by atoms with Gasteiger partial charge < -0.3 is 4.90 Å². The van der Waals surface area contributed by atoms with E-state index in [0.717, 1.165) is 24.3 Å². The number of likely N-dealkylation sites (tertiary alicyclic amines) is 1. The molecule has 0 aliphatic carbocycles. The summed E-state index contributed by atoms with van der Waals surface area (Å²) in [6.07, 6.45) is 4.50. The van der Waals surface area contributed by atoms with Crippen molar-refractivity contribution in [3.05, 3.63) is 30.2 Å². The van der Waals surface area contributed by atoms with E-state index in [1.54, 1.807) is 4.90 Å². The van der Waals surface area contributed by atoms with E-state index in [0.29, 0.717) is 19.5 Å². The third-order valence-electron chi connectivity index (χ3n) is 4.35. The molecular weight excluding hydrogens is 330 g/mol. The quantitative estimate of drug-likeness (QED) is 0.822. The van der Waals surface area contributed by atoms with Crippen molar-refractivity contribution >= 4 is 21.6 Å². The maximum absolute atomic E-state index is 12.2. The minimum absolute atomic E-state index is 0.257. The first-order valence-corrected chi connectivity index (χ1v) is 9.61. The third kappa shape index (κ3) is 3.73. The highest BCUT2D eigenvalue weighted by Crippen LogP contribution is 2.21. The van der Waals surface area contributed by atoms with E-state index < -0.39 is 15.8 Å². The number of piperidine rings is 1. The molecule has 0 radical (unpaired) electrons. The van der Waals surface area contributed by atoms with Gasteiger partial charge in [0.05, 0.1) is 0 Å². The lowest BCUT2D eigenvalue weighted by molar-refractivity contribution is -0.130. The summed E-state index contributed by atoms with van der Waals surface area (Å²) in [6.45, 7) is 1.16. The first-order chi connectivity index (χ1) is 11.5. The number of nitrogens with zero attached hydrogens (tertiary/aromatic N) is 4. The van der Waals surface area contributed by atoms with Gasteiger partial charge in [-0.1, -0.05) is 6.07 Å². The van der Waals surface area contributed by atoms with Gasteiger partial charge in [0.15, 0.2) is 5.65 Å². The molecule has 1 N–H and O–H groups in total. The van der Waals surface area contributed by atoms with E-state index in [4.69, 9.17) is 0 Å². The molecule has 9 heteroatoms. The van der Waals surface area contributed by atoms with Gasteiger partial charge in [0, 0.05) is 25.7 Å². The van der Waals surface area contributed by atoms with Crippen molar-refractivity contribution in [1.82, 2.24) is 24.2 Å². The summed E-state index contributed by atoms with van der Waals surface area (Å²) in [5.41, 5.74) is 0.802. The zero-order valence-corrected chi connectivity index (χ0v) is 14.4. The summed E-state index contributed by atoms with van der Waals surface area (Å²) in [4.78, 5) is 13.9. The Kier molecular flexibility index (Phi) is 4.81. The van der Waals surface area contributed by atoms with Gasteiger partial charge in [-0.05, 0) is 37.9 Å². The molecule has 1 unspecified atom stereocenters. The van der Waals surface area contributed by atoms with Crippen molar-refractivity contribution in [2.24, 2.45) is 5.92 Å². The van der Waals surface area contributed by atoms with Crippen molar-refractivity contribution in [2.45, 2.75) is 19.3 Å². The Morgan fingerprint density at radius 3 is 3.00 bits per heavy atom. The number of nitrogens with one attached hydrogen (secondary N) is 1. The third-order valence-corrected chi connectivity index (χ3v) is 5.60. The number of fused-ring (bicyclic) bond motifs is 1. The second-order valence-electron chi connectivity index (χ2n) is 6.06. The number of amides is 1. The second-order valence-corrected chi connectivity index (χ2v) is 7.99. The van der Waals surface area contributed by atoms with Gasteiger partial charge in [0.25, 0.3) is 0 Å². The minimum atomic E-state index is -3.53. The van der Waals surface area contributed by atoms with E-state index in [1.165, 1.54) is 7.05 Å². The molecule has 0 saturated carbocycles. The number of hydrogen-bond donors (Lipinski definition) is 1. The van der Waals surface area contributed by atoms with Crippen molar-refractivity contribution in [3.63, 3.8) is 0 Å². The smallest absolute Gasteiger partial charge is 0.239 e. The van der Waals surface area contributed by atoms with Crippen LogP contribution in [0.1, 0.15) is 18.7 Å². The SMILES string of the molecule is CNS(=O)(=O)CC(=O)N1CCCC(Cc2nnc3ccccn23)C1. The number of carbonyl (C=O) groups is 1. The van der Waals surface area contributed by atoms with E-state index in [-0.39, 0.29) is 11.8 Å². The number of hydrogen-bond acceptors (Lipinski definition) is 5. The molecule has 24 heavy (non-hydrogen) atoms. The predicted molar refractivity (Wildman–Crippen MR) is 88.8 cm³/mol. The summed E-state index contributed by atoms with van der Waals surface area (Å²) in [5, 5.41) is 8.38. The Hall–Kier alpha value is -2.00. The molecule has 1 aliphatic rings. The number of sulfonamides is 1. The zero-order valence-electron chi connectivity index (χ0n) is 13.6. The van der Waals surface area contributed by atoms with Crippen LogP contribution in [0, 0.1) is 5.92 Å². The largest absolute Gasteiger partial charge is 0.341 e. The lowest BCUT2D eigenvalue weighted by atomic mass is 9.94. The monoisotopic (exact) mass is 351 g/mol. The molecule has 3 heterocycles. The lowest BCUT2D eigenvalue weighted by Crippen LogP contribution is -2.44. The molecule has 1 atom stereocenters. The first kappa shape index (κ1) is 16.8. The molecule has 2 aromatic rings. The summed E-state index contributed by atoms with van der Waals surface area (Å²) in [6, 6.07) is 5.74. The van der Waals surface area contributed by atoms with Gasteiger partial charge in [0.2, 0.25) is 15.9 Å². The van der Waals surface area contributed by atoms with Crippen LogP contribution in [-0.4, -0.2) is 59.7 Å². The highest BCUT2D eigenvalue weighted by atomic mass is 32.2. The number of aromatic nitrogens is 3. The fourth-order valence-corrected chi connectivity index (χ4v) is 3.72. The van der Waals surface area contributed by atoms with E-state index in [2.05, 4.69) is 14.9 Å². The van der Waals surface area contributed by atoms with Crippen molar-refractivity contribution < 1.29 is 13.2 Å². The fraction of sp³-hybridized carbons (Fsp3) is 0.533. The topological polar surface area (TPSA) is 96.7 Å².